The van der Waals surface area contributed by atoms with E-state index in [0.717, 1.165) is 5.52 Å². The van der Waals surface area contributed by atoms with Crippen molar-refractivity contribution in [2.24, 2.45) is 0 Å². The summed E-state index contributed by atoms with van der Waals surface area (Å²) >= 11 is 1.25. The summed E-state index contributed by atoms with van der Waals surface area (Å²) in [5, 5.41) is 5.72. The summed E-state index contributed by atoms with van der Waals surface area (Å²) in [4.78, 5) is 19.1. The topological polar surface area (TPSA) is 80.8 Å². The smallest absolute Gasteiger partial charge is 0.340 e. The Morgan fingerprint density at radius 3 is 3.06 bits per heavy atom. The van der Waals surface area contributed by atoms with Gasteiger partial charge in [-0.05, 0) is 23.7 Å². The standard InChI is InChI=1S/C11H8N4O2S/c1-17-11(16)6-3-2-4-7-9(6)13-10(12-7)8-5-18-15-14-8/h2-5H,1H3,(H,12,13). The third-order valence-electron chi connectivity index (χ3n) is 2.52. The van der Waals surface area contributed by atoms with E-state index in [9.17, 15) is 4.79 Å². The van der Waals surface area contributed by atoms with Gasteiger partial charge in [-0.1, -0.05) is 10.6 Å². The average Bonchev–Trinajstić information content (AvgIpc) is 3.04. The summed E-state index contributed by atoms with van der Waals surface area (Å²) < 4.78 is 8.51. The normalized spacial score (nSPS) is 10.7. The number of aromatic nitrogens is 4. The van der Waals surface area contributed by atoms with Gasteiger partial charge in [-0.15, -0.1) is 5.10 Å². The Labute approximate surface area is 106 Å². The molecule has 3 rings (SSSR count). The van der Waals surface area contributed by atoms with E-state index in [-0.39, 0.29) is 0 Å². The second kappa shape index (κ2) is 4.19. The first-order valence-electron chi connectivity index (χ1n) is 5.14. The van der Waals surface area contributed by atoms with E-state index in [1.807, 2.05) is 6.07 Å². The zero-order valence-corrected chi connectivity index (χ0v) is 10.2. The van der Waals surface area contributed by atoms with Gasteiger partial charge in [-0.25, -0.2) is 9.78 Å². The van der Waals surface area contributed by atoms with Gasteiger partial charge in [-0.2, -0.15) is 0 Å². The van der Waals surface area contributed by atoms with Gasteiger partial charge in [0.1, 0.15) is 11.2 Å². The largest absolute Gasteiger partial charge is 0.465 e. The third-order valence-corrected chi connectivity index (χ3v) is 3.03. The summed E-state index contributed by atoms with van der Waals surface area (Å²) in [7, 11) is 1.35. The predicted octanol–water partition coefficient (Wildman–Crippen LogP) is 1.87. The van der Waals surface area contributed by atoms with Crippen molar-refractivity contribution in [1.82, 2.24) is 19.6 Å². The number of esters is 1. The molecule has 0 saturated carbocycles. The maximum Gasteiger partial charge on any atom is 0.340 e. The minimum Gasteiger partial charge on any atom is -0.465 e. The third kappa shape index (κ3) is 1.65. The first-order chi connectivity index (χ1) is 8.79. The quantitative estimate of drug-likeness (QED) is 0.711. The predicted molar refractivity (Wildman–Crippen MR) is 66.3 cm³/mol. The van der Waals surface area contributed by atoms with Crippen LogP contribution in [0.3, 0.4) is 0 Å². The molecule has 0 radical (unpaired) electrons. The molecule has 3 aromatic rings. The van der Waals surface area contributed by atoms with Crippen LogP contribution in [-0.2, 0) is 4.74 Å². The van der Waals surface area contributed by atoms with Crippen molar-refractivity contribution in [3.63, 3.8) is 0 Å². The maximum absolute atomic E-state index is 11.6. The Morgan fingerprint density at radius 2 is 2.33 bits per heavy atom. The van der Waals surface area contributed by atoms with Crippen LogP contribution in [-0.4, -0.2) is 32.6 Å². The highest BCUT2D eigenvalue weighted by Gasteiger charge is 2.15. The fourth-order valence-electron chi connectivity index (χ4n) is 1.70. The number of carbonyl (C=O) groups excluding carboxylic acids is 1. The number of hydrogen-bond donors (Lipinski definition) is 1. The Balaban J connectivity index is 2.20. The number of carbonyl (C=O) groups is 1. The number of aromatic amines is 1. The molecular formula is C11H8N4O2S. The van der Waals surface area contributed by atoms with Crippen LogP contribution >= 0.6 is 11.5 Å². The molecule has 7 heteroatoms. The van der Waals surface area contributed by atoms with Crippen molar-refractivity contribution in [3.8, 4) is 11.5 Å². The van der Waals surface area contributed by atoms with Crippen LogP contribution in [0.1, 0.15) is 10.4 Å². The van der Waals surface area contributed by atoms with Gasteiger partial charge in [0.25, 0.3) is 0 Å². The molecule has 1 aromatic carbocycles. The molecule has 0 saturated heterocycles. The molecule has 6 nitrogen and oxygen atoms in total. The molecule has 0 amide bonds. The summed E-state index contributed by atoms with van der Waals surface area (Å²) in [5.74, 6) is 0.185. The van der Waals surface area contributed by atoms with Crippen molar-refractivity contribution in [2.45, 2.75) is 0 Å². The Hall–Kier alpha value is -2.28. The lowest BCUT2D eigenvalue weighted by Crippen LogP contribution is -2.01. The summed E-state index contributed by atoms with van der Waals surface area (Å²) in [6.07, 6.45) is 0. The Kier molecular flexibility index (Phi) is 2.52. The number of hydrogen-bond acceptors (Lipinski definition) is 6. The highest BCUT2D eigenvalue weighted by molar-refractivity contribution is 7.03. The molecule has 2 aromatic heterocycles. The lowest BCUT2D eigenvalue weighted by molar-refractivity contribution is 0.0603. The average molecular weight is 260 g/mol. The van der Waals surface area contributed by atoms with E-state index < -0.39 is 5.97 Å². The van der Waals surface area contributed by atoms with Crippen LogP contribution in [0.2, 0.25) is 0 Å². The summed E-state index contributed by atoms with van der Waals surface area (Å²) in [5.41, 5.74) is 2.43. The van der Waals surface area contributed by atoms with E-state index in [2.05, 4.69) is 19.6 Å². The molecule has 0 aliphatic heterocycles. The number of methoxy groups -OCH3 is 1. The number of imidazole rings is 1. The zero-order chi connectivity index (χ0) is 12.5. The number of nitrogens with zero attached hydrogens (tertiary/aromatic N) is 3. The van der Waals surface area contributed by atoms with E-state index >= 15 is 0 Å². The molecule has 0 spiro atoms. The Morgan fingerprint density at radius 1 is 1.44 bits per heavy atom. The van der Waals surface area contributed by atoms with Crippen molar-refractivity contribution in [1.29, 1.82) is 0 Å². The van der Waals surface area contributed by atoms with Crippen molar-refractivity contribution in [2.75, 3.05) is 7.11 Å². The van der Waals surface area contributed by atoms with Gasteiger partial charge in [0.15, 0.2) is 5.82 Å². The number of nitrogens with one attached hydrogen (secondary N) is 1. The van der Waals surface area contributed by atoms with E-state index in [1.165, 1.54) is 18.6 Å². The fourth-order valence-corrected chi connectivity index (χ4v) is 2.14. The number of benzene rings is 1. The van der Waals surface area contributed by atoms with Crippen LogP contribution in [0.15, 0.2) is 23.6 Å². The van der Waals surface area contributed by atoms with E-state index in [0.29, 0.717) is 22.6 Å². The second-order valence-corrected chi connectivity index (χ2v) is 4.18. The minimum atomic E-state index is -0.407. The van der Waals surface area contributed by atoms with Gasteiger partial charge in [0.05, 0.1) is 18.2 Å². The van der Waals surface area contributed by atoms with E-state index in [4.69, 9.17) is 4.74 Å². The molecule has 90 valence electrons. The number of fused-ring (bicyclic) bond motifs is 1. The highest BCUT2D eigenvalue weighted by Crippen LogP contribution is 2.22. The molecule has 0 aliphatic carbocycles. The lowest BCUT2D eigenvalue weighted by atomic mass is 10.2. The number of H-pyrrole nitrogens is 1. The van der Waals surface area contributed by atoms with Crippen molar-refractivity contribution in [3.05, 3.63) is 29.1 Å². The minimum absolute atomic E-state index is 0.407. The highest BCUT2D eigenvalue weighted by atomic mass is 32.1. The Bertz CT molecular complexity index is 705. The van der Waals surface area contributed by atoms with Gasteiger partial charge in [0.2, 0.25) is 0 Å². The molecule has 1 N–H and O–H groups in total. The van der Waals surface area contributed by atoms with Gasteiger partial charge in [-0.3, -0.25) is 0 Å². The summed E-state index contributed by atoms with van der Waals surface area (Å²) in [6.45, 7) is 0. The van der Waals surface area contributed by atoms with Gasteiger partial charge < -0.3 is 9.72 Å². The molecular weight excluding hydrogens is 252 g/mol. The molecule has 18 heavy (non-hydrogen) atoms. The molecule has 0 fully saturated rings. The number of ether oxygens (including phenoxy) is 1. The van der Waals surface area contributed by atoms with Crippen LogP contribution < -0.4 is 0 Å². The lowest BCUT2D eigenvalue weighted by Gasteiger charge is -1.98. The number of para-hydroxylation sites is 1. The van der Waals surface area contributed by atoms with Crippen molar-refractivity contribution < 1.29 is 9.53 Å². The fraction of sp³-hybridized carbons (Fsp3) is 0.0909. The summed E-state index contributed by atoms with van der Waals surface area (Å²) in [6, 6.07) is 5.30. The van der Waals surface area contributed by atoms with Crippen LogP contribution in [0.5, 0.6) is 0 Å². The molecule has 0 unspecified atom stereocenters. The molecule has 0 aliphatic rings. The van der Waals surface area contributed by atoms with Crippen LogP contribution in [0, 0.1) is 0 Å². The molecule has 2 heterocycles. The first kappa shape index (κ1) is 10.8. The monoisotopic (exact) mass is 260 g/mol. The van der Waals surface area contributed by atoms with Gasteiger partial charge >= 0.3 is 5.97 Å². The van der Waals surface area contributed by atoms with Crippen molar-refractivity contribution >= 4 is 28.5 Å². The number of rotatable bonds is 2. The first-order valence-corrected chi connectivity index (χ1v) is 5.97. The van der Waals surface area contributed by atoms with E-state index in [1.54, 1.807) is 17.5 Å². The second-order valence-electron chi connectivity index (χ2n) is 3.57. The SMILES string of the molecule is COC(=O)c1cccc2[nH]c(-c3csnn3)nc12. The zero-order valence-electron chi connectivity index (χ0n) is 9.38. The van der Waals surface area contributed by atoms with Crippen LogP contribution in [0.25, 0.3) is 22.6 Å². The van der Waals surface area contributed by atoms with Gasteiger partial charge in [0, 0.05) is 5.38 Å². The molecule has 0 atom stereocenters. The van der Waals surface area contributed by atoms with Crippen LogP contribution in [0.4, 0.5) is 0 Å². The maximum atomic E-state index is 11.6. The molecule has 0 bridgehead atoms.